The Morgan fingerprint density at radius 1 is 1.04 bits per heavy atom. The second-order valence-electron chi connectivity index (χ2n) is 7.26. The highest BCUT2D eigenvalue weighted by molar-refractivity contribution is 5.74. The van der Waals surface area contributed by atoms with Crippen molar-refractivity contribution >= 4 is 6.03 Å². The van der Waals surface area contributed by atoms with Gasteiger partial charge in [0, 0.05) is 58.7 Å². The quantitative estimate of drug-likeness (QED) is 0.794. The van der Waals surface area contributed by atoms with Gasteiger partial charge in [0.25, 0.3) is 0 Å². The lowest BCUT2D eigenvalue weighted by Gasteiger charge is -2.36. The van der Waals surface area contributed by atoms with Crippen molar-refractivity contribution in [2.24, 2.45) is 0 Å². The van der Waals surface area contributed by atoms with E-state index in [1.807, 2.05) is 41.1 Å². The number of carbonyl (C=O) groups excluding carboxylic acids is 1. The second kappa shape index (κ2) is 8.48. The minimum Gasteiger partial charge on any atom is -0.454 e. The van der Waals surface area contributed by atoms with Gasteiger partial charge >= 0.3 is 6.03 Å². The number of ether oxygens (including phenoxy) is 2. The Morgan fingerprint density at radius 2 is 1.79 bits per heavy atom. The van der Waals surface area contributed by atoms with Gasteiger partial charge in [0.05, 0.1) is 0 Å². The molecular formula is C21H26N4O3. The Labute approximate surface area is 165 Å². The van der Waals surface area contributed by atoms with Crippen LogP contribution in [0.4, 0.5) is 4.79 Å². The van der Waals surface area contributed by atoms with Gasteiger partial charge in [0.15, 0.2) is 11.5 Å². The summed E-state index contributed by atoms with van der Waals surface area (Å²) < 4.78 is 10.8. The normalized spacial score (nSPS) is 16.2. The lowest BCUT2D eigenvalue weighted by molar-refractivity contribution is 0.115. The van der Waals surface area contributed by atoms with Gasteiger partial charge in [-0.3, -0.25) is 9.88 Å². The number of urea groups is 1. The summed E-state index contributed by atoms with van der Waals surface area (Å²) in [6, 6.07) is 10.2. The molecule has 0 atom stereocenters. The van der Waals surface area contributed by atoms with Gasteiger partial charge in [-0.05, 0) is 41.8 Å². The minimum absolute atomic E-state index is 0.108. The number of hydrogen-bond donors (Lipinski definition) is 0. The first-order valence-electron chi connectivity index (χ1n) is 9.69. The van der Waals surface area contributed by atoms with Crippen LogP contribution in [0, 0.1) is 0 Å². The van der Waals surface area contributed by atoms with E-state index < -0.39 is 0 Å². The van der Waals surface area contributed by atoms with Crippen molar-refractivity contribution < 1.29 is 14.3 Å². The smallest absolute Gasteiger partial charge is 0.319 e. The van der Waals surface area contributed by atoms with E-state index in [2.05, 4.69) is 16.0 Å². The van der Waals surface area contributed by atoms with Crippen LogP contribution in [0.15, 0.2) is 42.7 Å². The van der Waals surface area contributed by atoms with E-state index in [4.69, 9.17) is 9.47 Å². The molecule has 7 nitrogen and oxygen atoms in total. The molecule has 28 heavy (non-hydrogen) atoms. The van der Waals surface area contributed by atoms with Gasteiger partial charge in [0.1, 0.15) is 0 Å². The van der Waals surface area contributed by atoms with Crippen LogP contribution in [0.5, 0.6) is 11.5 Å². The summed E-state index contributed by atoms with van der Waals surface area (Å²) >= 11 is 0. The van der Waals surface area contributed by atoms with Crippen molar-refractivity contribution in [2.75, 3.05) is 46.6 Å². The molecule has 1 fully saturated rings. The maximum atomic E-state index is 12.7. The fourth-order valence-corrected chi connectivity index (χ4v) is 3.58. The third-order valence-corrected chi connectivity index (χ3v) is 5.30. The summed E-state index contributed by atoms with van der Waals surface area (Å²) in [7, 11) is 1.88. The minimum atomic E-state index is 0.108. The van der Waals surface area contributed by atoms with E-state index in [1.54, 1.807) is 12.4 Å². The highest BCUT2D eigenvalue weighted by Gasteiger charge is 2.24. The standard InChI is InChI=1S/C21H26N4O3/c1-23(9-6-17-4-7-22-8-5-17)21(26)25-12-10-24(11-13-25)15-18-2-3-19-20(14-18)28-16-27-19/h2-5,7-8,14H,6,9-13,15-16H2,1H3. The predicted octanol–water partition coefficient (Wildman–Crippen LogP) is 2.22. The van der Waals surface area contributed by atoms with E-state index in [1.165, 1.54) is 11.1 Å². The average molecular weight is 382 g/mol. The van der Waals surface area contributed by atoms with Crippen molar-refractivity contribution in [1.29, 1.82) is 0 Å². The lowest BCUT2D eigenvalue weighted by atomic mass is 10.1. The van der Waals surface area contributed by atoms with Crippen LogP contribution in [0.1, 0.15) is 11.1 Å². The number of benzene rings is 1. The number of piperazine rings is 1. The van der Waals surface area contributed by atoms with Crippen molar-refractivity contribution in [3.63, 3.8) is 0 Å². The topological polar surface area (TPSA) is 58.1 Å². The van der Waals surface area contributed by atoms with Gasteiger partial charge in [-0.2, -0.15) is 0 Å². The Hall–Kier alpha value is -2.80. The summed E-state index contributed by atoms with van der Waals surface area (Å²) in [4.78, 5) is 22.9. The van der Waals surface area contributed by atoms with Crippen LogP contribution in [-0.4, -0.2) is 72.3 Å². The van der Waals surface area contributed by atoms with Crippen LogP contribution in [0.3, 0.4) is 0 Å². The van der Waals surface area contributed by atoms with Crippen LogP contribution in [0.2, 0.25) is 0 Å². The predicted molar refractivity (Wildman–Crippen MR) is 105 cm³/mol. The molecule has 0 spiro atoms. The first-order chi connectivity index (χ1) is 13.7. The zero-order chi connectivity index (χ0) is 19.3. The second-order valence-corrected chi connectivity index (χ2v) is 7.26. The SMILES string of the molecule is CN(CCc1ccncc1)C(=O)N1CCN(Cc2ccc3c(c2)OCO3)CC1. The molecule has 2 aromatic rings. The molecule has 1 aromatic heterocycles. The number of aromatic nitrogens is 1. The van der Waals surface area contributed by atoms with Crippen LogP contribution in [-0.2, 0) is 13.0 Å². The molecular weight excluding hydrogens is 356 g/mol. The average Bonchev–Trinajstić information content (AvgIpc) is 3.21. The maximum Gasteiger partial charge on any atom is 0.319 e. The molecule has 2 aliphatic rings. The number of amides is 2. The third-order valence-electron chi connectivity index (χ3n) is 5.30. The highest BCUT2D eigenvalue weighted by atomic mass is 16.7. The molecule has 7 heteroatoms. The third kappa shape index (κ3) is 4.36. The molecule has 0 unspecified atom stereocenters. The summed E-state index contributed by atoms with van der Waals surface area (Å²) in [5.74, 6) is 1.64. The fraction of sp³-hybridized carbons (Fsp3) is 0.429. The first kappa shape index (κ1) is 18.6. The Kier molecular flexibility index (Phi) is 5.62. The molecule has 0 bridgehead atoms. The number of nitrogens with zero attached hydrogens (tertiary/aromatic N) is 4. The van der Waals surface area contributed by atoms with Gasteiger partial charge in [0.2, 0.25) is 6.79 Å². The molecule has 3 heterocycles. The zero-order valence-electron chi connectivity index (χ0n) is 16.2. The molecule has 148 valence electrons. The molecule has 4 rings (SSSR count). The van der Waals surface area contributed by atoms with Crippen molar-refractivity contribution in [3.8, 4) is 11.5 Å². The van der Waals surface area contributed by atoms with Crippen LogP contribution in [0.25, 0.3) is 0 Å². The Balaban J connectivity index is 1.23. The van der Waals surface area contributed by atoms with E-state index >= 15 is 0 Å². The van der Waals surface area contributed by atoms with E-state index in [9.17, 15) is 4.79 Å². The van der Waals surface area contributed by atoms with E-state index in [-0.39, 0.29) is 6.03 Å². The van der Waals surface area contributed by atoms with Crippen LogP contribution >= 0.6 is 0 Å². The number of carbonyl (C=O) groups is 1. The molecule has 0 aliphatic carbocycles. The summed E-state index contributed by atoms with van der Waals surface area (Å²) in [5.41, 5.74) is 2.40. The highest BCUT2D eigenvalue weighted by Crippen LogP contribution is 2.32. The molecule has 2 amide bonds. The number of rotatable bonds is 5. The molecule has 0 radical (unpaired) electrons. The zero-order valence-corrected chi connectivity index (χ0v) is 16.2. The first-order valence-corrected chi connectivity index (χ1v) is 9.69. The van der Waals surface area contributed by atoms with E-state index in [0.717, 1.165) is 50.6 Å². The summed E-state index contributed by atoms with van der Waals surface area (Å²) in [6.45, 7) is 5.12. The lowest BCUT2D eigenvalue weighted by Crippen LogP contribution is -2.52. The number of fused-ring (bicyclic) bond motifs is 1. The summed E-state index contributed by atoms with van der Waals surface area (Å²) in [5, 5.41) is 0. The van der Waals surface area contributed by atoms with E-state index in [0.29, 0.717) is 13.3 Å². The summed E-state index contributed by atoms with van der Waals surface area (Å²) in [6.07, 6.45) is 4.42. The molecule has 1 saturated heterocycles. The Morgan fingerprint density at radius 3 is 2.57 bits per heavy atom. The van der Waals surface area contributed by atoms with Gasteiger partial charge in [-0.15, -0.1) is 0 Å². The van der Waals surface area contributed by atoms with Crippen molar-refractivity contribution in [3.05, 3.63) is 53.9 Å². The molecule has 2 aliphatic heterocycles. The Bertz CT molecular complexity index is 807. The number of pyridine rings is 1. The van der Waals surface area contributed by atoms with Gasteiger partial charge in [-0.1, -0.05) is 6.07 Å². The fourth-order valence-electron chi connectivity index (χ4n) is 3.58. The van der Waals surface area contributed by atoms with Gasteiger partial charge in [-0.25, -0.2) is 4.79 Å². The van der Waals surface area contributed by atoms with Crippen LogP contribution < -0.4 is 9.47 Å². The van der Waals surface area contributed by atoms with Gasteiger partial charge < -0.3 is 19.3 Å². The number of likely N-dealkylation sites (N-methyl/N-ethyl adjacent to an activating group) is 1. The van der Waals surface area contributed by atoms with Crippen molar-refractivity contribution in [2.45, 2.75) is 13.0 Å². The maximum absolute atomic E-state index is 12.7. The number of hydrogen-bond acceptors (Lipinski definition) is 5. The monoisotopic (exact) mass is 382 g/mol. The molecule has 0 saturated carbocycles. The van der Waals surface area contributed by atoms with Crippen molar-refractivity contribution in [1.82, 2.24) is 19.7 Å². The largest absolute Gasteiger partial charge is 0.454 e. The molecule has 0 N–H and O–H groups in total. The molecule has 1 aromatic carbocycles.